The van der Waals surface area contributed by atoms with Gasteiger partial charge in [-0.1, -0.05) is 6.92 Å². The first-order chi connectivity index (χ1) is 9.49. The summed E-state index contributed by atoms with van der Waals surface area (Å²) in [5.41, 5.74) is -0.402. The van der Waals surface area contributed by atoms with E-state index < -0.39 is 11.6 Å². The van der Waals surface area contributed by atoms with Gasteiger partial charge >= 0.3 is 0 Å². The number of rotatable bonds is 6. The fraction of sp³-hybridized carbons (Fsp3) is 0.429. The third-order valence-electron chi connectivity index (χ3n) is 2.89. The summed E-state index contributed by atoms with van der Waals surface area (Å²) in [6.07, 6.45) is 0.986. The third-order valence-corrected chi connectivity index (χ3v) is 2.89. The second kappa shape index (κ2) is 7.43. The van der Waals surface area contributed by atoms with E-state index in [4.69, 9.17) is 5.26 Å². The lowest BCUT2D eigenvalue weighted by molar-refractivity contribution is -0.121. The first-order valence-electron chi connectivity index (χ1n) is 6.40. The highest BCUT2D eigenvalue weighted by Gasteiger charge is 2.13. The molecular weight excluding hydrogens is 264 g/mol. The number of nitrogens with one attached hydrogen (secondary N) is 2. The minimum Gasteiger partial charge on any atom is -0.382 e. The van der Waals surface area contributed by atoms with E-state index in [1.807, 2.05) is 13.8 Å². The quantitative estimate of drug-likeness (QED) is 0.842. The highest BCUT2D eigenvalue weighted by Crippen LogP contribution is 2.19. The Balaban J connectivity index is 2.53. The normalized spacial score (nSPS) is 11.6. The molecule has 0 saturated heterocycles. The first kappa shape index (κ1) is 15.9. The van der Waals surface area contributed by atoms with Crippen molar-refractivity contribution in [3.05, 3.63) is 29.3 Å². The zero-order chi connectivity index (χ0) is 15.1. The van der Waals surface area contributed by atoms with Crippen LogP contribution in [0.25, 0.3) is 0 Å². The van der Waals surface area contributed by atoms with Gasteiger partial charge < -0.3 is 10.6 Å². The molecule has 1 aromatic carbocycles. The number of benzene rings is 1. The van der Waals surface area contributed by atoms with E-state index in [0.717, 1.165) is 6.42 Å². The molecule has 108 valence electrons. The van der Waals surface area contributed by atoms with Crippen molar-refractivity contribution >= 4 is 11.6 Å². The summed E-state index contributed by atoms with van der Waals surface area (Å²) in [5, 5.41) is 14.0. The Bertz CT molecular complexity index is 526. The Morgan fingerprint density at radius 3 is 2.70 bits per heavy atom. The Hall–Kier alpha value is -2.16. The van der Waals surface area contributed by atoms with Crippen LogP contribution in [-0.4, -0.2) is 18.5 Å². The molecule has 0 radical (unpaired) electrons. The molecule has 20 heavy (non-hydrogen) atoms. The van der Waals surface area contributed by atoms with Crippen molar-refractivity contribution in [2.24, 2.45) is 0 Å². The predicted molar refractivity (Wildman–Crippen MR) is 72.1 cm³/mol. The molecule has 0 aliphatic rings. The standard InChI is InChI=1S/C14H17F2N3O/c1-3-9(2)19-12(20)6-7-18-11-5-4-10(8-17)13(15)14(11)16/h4-5,9,18H,3,6-7H2,1-2H3,(H,19,20). The van der Waals surface area contributed by atoms with E-state index in [2.05, 4.69) is 10.6 Å². The largest absolute Gasteiger partial charge is 0.382 e. The molecule has 0 aromatic heterocycles. The van der Waals surface area contributed by atoms with Crippen LogP contribution >= 0.6 is 0 Å². The molecule has 0 spiro atoms. The molecule has 6 heteroatoms. The number of halogens is 2. The summed E-state index contributed by atoms with van der Waals surface area (Å²) in [4.78, 5) is 11.5. The van der Waals surface area contributed by atoms with Gasteiger partial charge in [0.2, 0.25) is 5.91 Å². The van der Waals surface area contributed by atoms with Gasteiger partial charge in [-0.25, -0.2) is 8.78 Å². The molecule has 0 heterocycles. The van der Waals surface area contributed by atoms with Gasteiger partial charge in [-0.15, -0.1) is 0 Å². The van der Waals surface area contributed by atoms with Crippen molar-refractivity contribution in [1.82, 2.24) is 5.32 Å². The summed E-state index contributed by atoms with van der Waals surface area (Å²) in [7, 11) is 0. The fourth-order valence-corrected chi connectivity index (χ4v) is 1.53. The van der Waals surface area contributed by atoms with E-state index in [0.29, 0.717) is 0 Å². The van der Waals surface area contributed by atoms with Crippen LogP contribution in [0.1, 0.15) is 32.3 Å². The molecule has 0 aliphatic heterocycles. The lowest BCUT2D eigenvalue weighted by Crippen LogP contribution is -2.33. The fourth-order valence-electron chi connectivity index (χ4n) is 1.53. The van der Waals surface area contributed by atoms with Crippen LogP contribution in [0.2, 0.25) is 0 Å². The number of nitrogens with zero attached hydrogens (tertiary/aromatic N) is 1. The van der Waals surface area contributed by atoms with Gasteiger partial charge in [0.05, 0.1) is 11.3 Å². The van der Waals surface area contributed by atoms with Crippen molar-refractivity contribution in [1.29, 1.82) is 5.26 Å². The highest BCUT2D eigenvalue weighted by molar-refractivity contribution is 5.76. The van der Waals surface area contributed by atoms with Crippen LogP contribution in [-0.2, 0) is 4.79 Å². The van der Waals surface area contributed by atoms with Gasteiger partial charge in [0.25, 0.3) is 0 Å². The molecule has 1 unspecified atom stereocenters. The molecule has 0 saturated carbocycles. The van der Waals surface area contributed by atoms with Gasteiger partial charge in [-0.2, -0.15) is 5.26 Å². The SMILES string of the molecule is CCC(C)NC(=O)CCNc1ccc(C#N)c(F)c1F. The van der Waals surface area contributed by atoms with Crippen LogP contribution in [0, 0.1) is 23.0 Å². The number of anilines is 1. The number of hydrogen-bond donors (Lipinski definition) is 2. The van der Waals surface area contributed by atoms with Gasteiger partial charge in [-0.05, 0) is 25.5 Å². The topological polar surface area (TPSA) is 64.9 Å². The second-order valence-corrected chi connectivity index (χ2v) is 4.45. The van der Waals surface area contributed by atoms with Gasteiger partial charge in [-0.3, -0.25) is 4.79 Å². The maximum absolute atomic E-state index is 13.5. The third kappa shape index (κ3) is 4.19. The van der Waals surface area contributed by atoms with Crippen molar-refractivity contribution in [3.63, 3.8) is 0 Å². The molecule has 1 rings (SSSR count). The summed E-state index contributed by atoms with van der Waals surface area (Å²) < 4.78 is 26.9. The van der Waals surface area contributed by atoms with Crippen LogP contribution in [0.15, 0.2) is 12.1 Å². The van der Waals surface area contributed by atoms with Crippen molar-refractivity contribution in [2.45, 2.75) is 32.7 Å². The second-order valence-electron chi connectivity index (χ2n) is 4.45. The van der Waals surface area contributed by atoms with Crippen LogP contribution in [0.5, 0.6) is 0 Å². The number of carbonyl (C=O) groups is 1. The molecule has 2 N–H and O–H groups in total. The molecule has 4 nitrogen and oxygen atoms in total. The molecular formula is C14H17F2N3O. The molecule has 1 amide bonds. The lowest BCUT2D eigenvalue weighted by Gasteiger charge is -2.12. The van der Waals surface area contributed by atoms with E-state index in [1.165, 1.54) is 12.1 Å². The zero-order valence-corrected chi connectivity index (χ0v) is 11.5. The number of nitriles is 1. The van der Waals surface area contributed by atoms with Gasteiger partial charge in [0, 0.05) is 19.0 Å². The summed E-state index contributed by atoms with van der Waals surface area (Å²) in [6, 6.07) is 4.12. The molecule has 0 fully saturated rings. The molecule has 0 aliphatic carbocycles. The molecule has 1 aromatic rings. The highest BCUT2D eigenvalue weighted by atomic mass is 19.2. The zero-order valence-electron chi connectivity index (χ0n) is 11.5. The average Bonchev–Trinajstić information content (AvgIpc) is 2.43. The summed E-state index contributed by atoms with van der Waals surface area (Å²) in [5.74, 6) is -2.44. The Morgan fingerprint density at radius 2 is 2.10 bits per heavy atom. The molecule has 1 atom stereocenters. The van der Waals surface area contributed by atoms with E-state index >= 15 is 0 Å². The van der Waals surface area contributed by atoms with Gasteiger partial charge in [0.15, 0.2) is 11.6 Å². The van der Waals surface area contributed by atoms with Crippen LogP contribution in [0.4, 0.5) is 14.5 Å². The maximum atomic E-state index is 13.5. The monoisotopic (exact) mass is 281 g/mol. The van der Waals surface area contributed by atoms with Crippen molar-refractivity contribution in [3.8, 4) is 6.07 Å². The number of hydrogen-bond acceptors (Lipinski definition) is 3. The predicted octanol–water partition coefficient (Wildman–Crippen LogP) is 2.55. The van der Waals surface area contributed by atoms with Crippen LogP contribution < -0.4 is 10.6 Å². The van der Waals surface area contributed by atoms with E-state index in [9.17, 15) is 13.6 Å². The van der Waals surface area contributed by atoms with E-state index in [1.54, 1.807) is 6.07 Å². The Morgan fingerprint density at radius 1 is 1.40 bits per heavy atom. The van der Waals surface area contributed by atoms with Crippen LogP contribution in [0.3, 0.4) is 0 Å². The minimum absolute atomic E-state index is 0.0576. The first-order valence-corrected chi connectivity index (χ1v) is 6.40. The maximum Gasteiger partial charge on any atom is 0.221 e. The summed E-state index contributed by atoms with van der Waals surface area (Å²) in [6.45, 7) is 4.03. The Kier molecular flexibility index (Phi) is 5.91. The van der Waals surface area contributed by atoms with Crippen molar-refractivity contribution in [2.75, 3.05) is 11.9 Å². The number of carbonyl (C=O) groups excluding carboxylic acids is 1. The van der Waals surface area contributed by atoms with Crippen molar-refractivity contribution < 1.29 is 13.6 Å². The summed E-state index contributed by atoms with van der Waals surface area (Å²) >= 11 is 0. The molecule has 0 bridgehead atoms. The lowest BCUT2D eigenvalue weighted by atomic mass is 10.2. The van der Waals surface area contributed by atoms with Gasteiger partial charge in [0.1, 0.15) is 6.07 Å². The smallest absolute Gasteiger partial charge is 0.221 e. The van der Waals surface area contributed by atoms with E-state index in [-0.39, 0.29) is 36.2 Å². The number of amides is 1. The average molecular weight is 281 g/mol. The Labute approximate surface area is 116 Å². The minimum atomic E-state index is -1.18.